The number of esters is 1. The summed E-state index contributed by atoms with van der Waals surface area (Å²) in [6.45, 7) is 1.36. The Balaban J connectivity index is 2.25. The molecule has 0 amide bonds. The Morgan fingerprint density at radius 2 is 2.12 bits per heavy atom. The first-order valence-corrected chi connectivity index (χ1v) is 7.08. The van der Waals surface area contributed by atoms with Gasteiger partial charge in [-0.3, -0.25) is 4.79 Å². The minimum atomic E-state index is -0.345. The highest BCUT2D eigenvalue weighted by Crippen LogP contribution is 2.18. The number of rotatable bonds is 2. The first kappa shape index (κ1) is 12.2. The second-order valence-corrected chi connectivity index (χ2v) is 5.23. The molecule has 0 radical (unpaired) electrons. The van der Waals surface area contributed by atoms with E-state index in [4.69, 9.17) is 16.3 Å². The second-order valence-electron chi connectivity index (χ2n) is 3.04. The van der Waals surface area contributed by atoms with Crippen molar-refractivity contribution in [3.05, 3.63) is 34.1 Å². The van der Waals surface area contributed by atoms with E-state index in [9.17, 15) is 4.79 Å². The molecule has 4 nitrogen and oxygen atoms in total. The van der Waals surface area contributed by atoms with E-state index in [2.05, 4.69) is 9.37 Å². The molecular formula is C10H7ClN2O2S2. The summed E-state index contributed by atoms with van der Waals surface area (Å²) in [5.74, 6) is 0.150. The van der Waals surface area contributed by atoms with Crippen LogP contribution in [0.3, 0.4) is 0 Å². The van der Waals surface area contributed by atoms with E-state index in [1.807, 2.05) is 0 Å². The SMILES string of the molecule is CC(=O)Oc1ccc(/N=c2\ssnc2Cl)cc1. The summed E-state index contributed by atoms with van der Waals surface area (Å²) in [4.78, 5) is 15.0. The number of carbonyl (C=O) groups excluding carboxylic acids is 1. The number of ether oxygens (including phenoxy) is 1. The molecule has 0 bridgehead atoms. The highest BCUT2D eigenvalue weighted by molar-refractivity contribution is 7.66. The van der Waals surface area contributed by atoms with Crippen LogP contribution in [0.1, 0.15) is 6.92 Å². The van der Waals surface area contributed by atoms with Gasteiger partial charge in [-0.25, -0.2) is 4.99 Å². The average Bonchev–Trinajstić information content (AvgIpc) is 2.67. The third kappa shape index (κ3) is 3.36. The quantitative estimate of drug-likeness (QED) is 0.484. The minimum absolute atomic E-state index is 0.345. The molecule has 88 valence electrons. The molecule has 0 unspecified atom stereocenters. The molecule has 17 heavy (non-hydrogen) atoms. The summed E-state index contributed by atoms with van der Waals surface area (Å²) < 4.78 is 9.52. The molecule has 1 aromatic heterocycles. The number of benzene rings is 1. The predicted octanol–water partition coefficient (Wildman–Crippen LogP) is 3.02. The summed E-state index contributed by atoms with van der Waals surface area (Å²) in [7, 11) is 2.70. The standard InChI is InChI=1S/C10H7ClN2O2S2/c1-6(14)15-8-4-2-7(3-5-8)12-10-9(11)13-17-16-10/h2-5H,1H3/b12-10-. The van der Waals surface area contributed by atoms with Crippen LogP contribution < -0.4 is 9.41 Å². The molecule has 0 atom stereocenters. The zero-order chi connectivity index (χ0) is 12.3. The van der Waals surface area contributed by atoms with Crippen LogP contribution in [0.15, 0.2) is 29.3 Å². The van der Waals surface area contributed by atoms with Gasteiger partial charge in [-0.2, -0.15) is 4.37 Å². The number of hydrogen-bond donors (Lipinski definition) is 0. The van der Waals surface area contributed by atoms with Crippen molar-refractivity contribution in [1.82, 2.24) is 4.37 Å². The van der Waals surface area contributed by atoms with Gasteiger partial charge in [0.05, 0.1) is 5.69 Å². The van der Waals surface area contributed by atoms with Crippen molar-refractivity contribution in [3.8, 4) is 5.75 Å². The molecule has 0 aliphatic carbocycles. The summed E-state index contributed by atoms with van der Waals surface area (Å²) in [6.07, 6.45) is 0. The maximum Gasteiger partial charge on any atom is 0.308 e. The third-order valence-electron chi connectivity index (χ3n) is 1.74. The van der Waals surface area contributed by atoms with E-state index in [1.54, 1.807) is 24.3 Å². The molecular weight excluding hydrogens is 280 g/mol. The molecule has 0 saturated heterocycles. The third-order valence-corrected chi connectivity index (χ3v) is 3.91. The van der Waals surface area contributed by atoms with E-state index in [1.165, 1.54) is 27.8 Å². The first-order chi connectivity index (χ1) is 8.15. The fourth-order valence-corrected chi connectivity index (χ4v) is 3.09. The molecule has 2 rings (SSSR count). The Morgan fingerprint density at radius 3 is 2.65 bits per heavy atom. The zero-order valence-electron chi connectivity index (χ0n) is 8.71. The molecule has 0 fully saturated rings. The van der Waals surface area contributed by atoms with Crippen LogP contribution in [-0.4, -0.2) is 10.3 Å². The highest BCUT2D eigenvalue weighted by Gasteiger charge is 1.99. The normalized spacial score (nSPS) is 11.5. The maximum absolute atomic E-state index is 10.7. The lowest BCUT2D eigenvalue weighted by atomic mass is 10.3. The molecule has 2 aromatic rings. The van der Waals surface area contributed by atoms with Gasteiger partial charge in [0.2, 0.25) is 0 Å². The number of aromatic nitrogens is 1. The smallest absolute Gasteiger partial charge is 0.308 e. The number of nitrogens with zero attached hydrogens (tertiary/aromatic N) is 2. The van der Waals surface area contributed by atoms with Gasteiger partial charge in [-0.15, -0.1) is 0 Å². The average molecular weight is 287 g/mol. The lowest BCUT2D eigenvalue weighted by Gasteiger charge is -2.00. The van der Waals surface area contributed by atoms with Crippen molar-refractivity contribution < 1.29 is 9.53 Å². The monoisotopic (exact) mass is 286 g/mol. The fraction of sp³-hybridized carbons (Fsp3) is 0.100. The van der Waals surface area contributed by atoms with Gasteiger partial charge in [0.25, 0.3) is 0 Å². The Morgan fingerprint density at radius 1 is 1.41 bits per heavy atom. The van der Waals surface area contributed by atoms with E-state index in [-0.39, 0.29) is 5.97 Å². The van der Waals surface area contributed by atoms with Crippen LogP contribution in [0.5, 0.6) is 5.75 Å². The largest absolute Gasteiger partial charge is 0.427 e. The molecule has 0 aliphatic heterocycles. The Kier molecular flexibility index (Phi) is 3.88. The van der Waals surface area contributed by atoms with Gasteiger partial charge in [-0.1, -0.05) is 11.6 Å². The van der Waals surface area contributed by atoms with Crippen molar-refractivity contribution in [3.63, 3.8) is 0 Å². The summed E-state index contributed by atoms with van der Waals surface area (Å²) in [6, 6.07) is 6.86. The summed E-state index contributed by atoms with van der Waals surface area (Å²) in [5.41, 5.74) is 0.735. The van der Waals surface area contributed by atoms with E-state index >= 15 is 0 Å². The second kappa shape index (κ2) is 5.39. The van der Waals surface area contributed by atoms with Gasteiger partial charge in [0.15, 0.2) is 9.82 Å². The number of halogens is 1. The predicted molar refractivity (Wildman–Crippen MR) is 68.0 cm³/mol. The Labute approximate surface area is 110 Å². The molecule has 0 aliphatic rings. The van der Waals surface area contributed by atoms with E-state index < -0.39 is 0 Å². The number of hydrogen-bond acceptors (Lipinski definition) is 6. The van der Waals surface area contributed by atoms with Crippen LogP contribution >= 0.6 is 32.5 Å². The maximum atomic E-state index is 10.7. The van der Waals surface area contributed by atoms with Crippen LogP contribution in [0.25, 0.3) is 0 Å². The minimum Gasteiger partial charge on any atom is -0.427 e. The van der Waals surface area contributed by atoms with Gasteiger partial charge in [0, 0.05) is 17.5 Å². The van der Waals surface area contributed by atoms with E-state index in [0.717, 1.165) is 5.69 Å². The van der Waals surface area contributed by atoms with Crippen LogP contribution in [0.2, 0.25) is 5.15 Å². The highest BCUT2D eigenvalue weighted by atomic mass is 35.5. The van der Waals surface area contributed by atoms with Crippen molar-refractivity contribution in [2.24, 2.45) is 4.99 Å². The zero-order valence-corrected chi connectivity index (χ0v) is 11.1. The molecule has 0 saturated carbocycles. The van der Waals surface area contributed by atoms with E-state index in [0.29, 0.717) is 15.6 Å². The van der Waals surface area contributed by atoms with Crippen molar-refractivity contribution in [1.29, 1.82) is 0 Å². The van der Waals surface area contributed by atoms with Crippen LogP contribution in [-0.2, 0) is 4.79 Å². The molecule has 0 N–H and O–H groups in total. The van der Waals surface area contributed by atoms with Crippen molar-refractivity contribution in [2.45, 2.75) is 6.92 Å². The topological polar surface area (TPSA) is 51.5 Å². The summed E-state index contributed by atoms with van der Waals surface area (Å²) >= 11 is 5.84. The molecule has 1 heterocycles. The van der Waals surface area contributed by atoms with Gasteiger partial charge in [-0.05, 0) is 34.6 Å². The molecule has 0 spiro atoms. The molecule has 1 aromatic carbocycles. The van der Waals surface area contributed by atoms with Crippen LogP contribution in [0, 0.1) is 0 Å². The Bertz CT molecular complexity index is 589. The van der Waals surface area contributed by atoms with Crippen molar-refractivity contribution in [2.75, 3.05) is 0 Å². The van der Waals surface area contributed by atoms with Crippen molar-refractivity contribution >= 4 is 44.1 Å². The molecule has 7 heteroatoms. The lowest BCUT2D eigenvalue weighted by Crippen LogP contribution is -2.00. The Hall–Kier alpha value is -1.24. The van der Waals surface area contributed by atoms with Gasteiger partial charge >= 0.3 is 5.97 Å². The lowest BCUT2D eigenvalue weighted by molar-refractivity contribution is -0.131. The fourth-order valence-electron chi connectivity index (χ4n) is 1.10. The first-order valence-electron chi connectivity index (χ1n) is 4.60. The van der Waals surface area contributed by atoms with Crippen LogP contribution in [0.4, 0.5) is 5.69 Å². The summed E-state index contributed by atoms with van der Waals surface area (Å²) in [5, 5.41) is 0.407. The van der Waals surface area contributed by atoms with Gasteiger partial charge in [0.1, 0.15) is 5.75 Å². The number of carbonyl (C=O) groups is 1. The van der Waals surface area contributed by atoms with Gasteiger partial charge < -0.3 is 4.74 Å².